The molecule has 3 heteroatoms. The average Bonchev–Trinajstić information content (AvgIpc) is 2.89. The van der Waals surface area contributed by atoms with Crippen LogP contribution in [-0.4, -0.2) is 37.0 Å². The third-order valence-electron chi connectivity index (χ3n) is 5.62. The summed E-state index contributed by atoms with van der Waals surface area (Å²) in [7, 11) is 0. The number of likely N-dealkylation sites (tertiary alicyclic amines) is 1. The number of nitrogens with one attached hydrogen (secondary N) is 1. The Morgan fingerprint density at radius 3 is 2.70 bits per heavy atom. The molecule has 2 aliphatic heterocycles. The highest BCUT2D eigenvalue weighted by atomic mass is 16.2. The smallest absolute Gasteiger partial charge is 0.230 e. The molecule has 4 rings (SSSR count). The van der Waals surface area contributed by atoms with Crippen molar-refractivity contribution in [3.8, 4) is 0 Å². The number of piperidine rings is 1. The van der Waals surface area contributed by atoms with E-state index in [4.69, 9.17) is 0 Å². The van der Waals surface area contributed by atoms with Crippen LogP contribution in [0.5, 0.6) is 0 Å². The van der Waals surface area contributed by atoms with Crippen molar-refractivity contribution in [1.82, 2.24) is 10.2 Å². The van der Waals surface area contributed by atoms with Gasteiger partial charge in [0.25, 0.3) is 0 Å². The van der Waals surface area contributed by atoms with Gasteiger partial charge in [-0.3, -0.25) is 4.79 Å². The first-order chi connectivity index (χ1) is 9.77. The molecule has 1 atom stereocenters. The number of amides is 1. The molecule has 1 N–H and O–H groups in total. The molecular weight excluding hydrogens is 248 g/mol. The van der Waals surface area contributed by atoms with Crippen LogP contribution in [0.1, 0.15) is 36.3 Å². The van der Waals surface area contributed by atoms with E-state index in [1.807, 2.05) is 6.07 Å². The molecule has 3 nitrogen and oxygen atoms in total. The quantitative estimate of drug-likeness (QED) is 0.845. The van der Waals surface area contributed by atoms with E-state index in [0.717, 1.165) is 32.6 Å². The molecule has 1 aromatic rings. The Kier molecular flexibility index (Phi) is 2.84. The molecule has 0 bridgehead atoms. The molecule has 1 aliphatic carbocycles. The van der Waals surface area contributed by atoms with Crippen molar-refractivity contribution in [2.45, 2.75) is 31.6 Å². The molecule has 2 saturated heterocycles. The lowest BCUT2D eigenvalue weighted by Crippen LogP contribution is -2.47. The van der Waals surface area contributed by atoms with Gasteiger partial charge in [0.2, 0.25) is 5.91 Å². The van der Waals surface area contributed by atoms with Gasteiger partial charge in [-0.1, -0.05) is 24.3 Å². The summed E-state index contributed by atoms with van der Waals surface area (Å²) in [6.45, 7) is 4.23. The van der Waals surface area contributed by atoms with E-state index in [9.17, 15) is 4.79 Å². The molecule has 20 heavy (non-hydrogen) atoms. The van der Waals surface area contributed by atoms with Gasteiger partial charge in [-0.2, -0.15) is 0 Å². The Hall–Kier alpha value is -1.35. The molecule has 1 spiro atoms. The summed E-state index contributed by atoms with van der Waals surface area (Å²) in [6, 6.07) is 8.38. The van der Waals surface area contributed by atoms with Gasteiger partial charge >= 0.3 is 0 Å². The van der Waals surface area contributed by atoms with E-state index in [1.165, 1.54) is 30.4 Å². The fraction of sp³-hybridized carbons (Fsp3) is 0.588. The lowest BCUT2D eigenvalue weighted by molar-refractivity contribution is -0.135. The van der Waals surface area contributed by atoms with E-state index in [-0.39, 0.29) is 5.92 Å². The third kappa shape index (κ3) is 1.87. The predicted octanol–water partition coefficient (Wildman–Crippen LogP) is 1.93. The Bertz CT molecular complexity index is 524. The molecule has 2 heterocycles. The van der Waals surface area contributed by atoms with Gasteiger partial charge in [0, 0.05) is 19.6 Å². The second-order valence-corrected chi connectivity index (χ2v) is 6.71. The SMILES string of the molecule is O=C(C1Cc2ccccc21)N1CCC2(CCNC2)CC1. The van der Waals surface area contributed by atoms with Crippen molar-refractivity contribution in [2.24, 2.45) is 5.41 Å². The molecule has 0 radical (unpaired) electrons. The fourth-order valence-electron chi connectivity index (χ4n) is 4.12. The van der Waals surface area contributed by atoms with Crippen molar-refractivity contribution >= 4 is 5.91 Å². The molecule has 0 aromatic heterocycles. The number of fused-ring (bicyclic) bond motifs is 1. The molecule has 2 fully saturated rings. The van der Waals surface area contributed by atoms with Crippen molar-refractivity contribution in [1.29, 1.82) is 0 Å². The zero-order valence-corrected chi connectivity index (χ0v) is 11.9. The Morgan fingerprint density at radius 2 is 2.00 bits per heavy atom. The van der Waals surface area contributed by atoms with Gasteiger partial charge in [0.05, 0.1) is 5.92 Å². The number of hydrogen-bond acceptors (Lipinski definition) is 2. The van der Waals surface area contributed by atoms with E-state index in [2.05, 4.69) is 28.4 Å². The highest BCUT2D eigenvalue weighted by Crippen LogP contribution is 2.40. The molecular formula is C17H22N2O. The van der Waals surface area contributed by atoms with E-state index < -0.39 is 0 Å². The van der Waals surface area contributed by atoms with Gasteiger partial charge in [0.15, 0.2) is 0 Å². The van der Waals surface area contributed by atoms with E-state index in [0.29, 0.717) is 11.3 Å². The summed E-state index contributed by atoms with van der Waals surface area (Å²) >= 11 is 0. The van der Waals surface area contributed by atoms with Crippen LogP contribution in [0, 0.1) is 5.41 Å². The van der Waals surface area contributed by atoms with Crippen LogP contribution >= 0.6 is 0 Å². The Labute approximate surface area is 120 Å². The number of carbonyl (C=O) groups is 1. The highest BCUT2D eigenvalue weighted by Gasteiger charge is 2.41. The first-order valence-electron chi connectivity index (χ1n) is 7.85. The van der Waals surface area contributed by atoms with Gasteiger partial charge in [-0.05, 0) is 48.8 Å². The van der Waals surface area contributed by atoms with Crippen LogP contribution in [-0.2, 0) is 11.2 Å². The van der Waals surface area contributed by atoms with E-state index in [1.54, 1.807) is 0 Å². The lowest BCUT2D eigenvalue weighted by Gasteiger charge is -2.41. The van der Waals surface area contributed by atoms with E-state index >= 15 is 0 Å². The van der Waals surface area contributed by atoms with Crippen LogP contribution in [0.4, 0.5) is 0 Å². The summed E-state index contributed by atoms with van der Waals surface area (Å²) in [5, 5.41) is 3.48. The molecule has 3 aliphatic rings. The normalized spacial score (nSPS) is 27.2. The van der Waals surface area contributed by atoms with Crippen LogP contribution in [0.25, 0.3) is 0 Å². The van der Waals surface area contributed by atoms with Crippen molar-refractivity contribution < 1.29 is 4.79 Å². The molecule has 106 valence electrons. The van der Waals surface area contributed by atoms with Crippen molar-refractivity contribution in [3.05, 3.63) is 35.4 Å². The molecule has 0 saturated carbocycles. The summed E-state index contributed by atoms with van der Waals surface area (Å²) in [6.07, 6.45) is 4.60. The zero-order chi connectivity index (χ0) is 13.6. The van der Waals surface area contributed by atoms with Gasteiger partial charge < -0.3 is 10.2 Å². The second-order valence-electron chi connectivity index (χ2n) is 6.71. The zero-order valence-electron chi connectivity index (χ0n) is 11.9. The molecule has 1 unspecified atom stereocenters. The van der Waals surface area contributed by atoms with Crippen molar-refractivity contribution in [2.75, 3.05) is 26.2 Å². The van der Waals surface area contributed by atoms with Crippen LogP contribution in [0.15, 0.2) is 24.3 Å². The van der Waals surface area contributed by atoms with Crippen molar-refractivity contribution in [3.63, 3.8) is 0 Å². The Morgan fingerprint density at radius 1 is 1.20 bits per heavy atom. The summed E-state index contributed by atoms with van der Waals surface area (Å²) in [5.74, 6) is 0.506. The monoisotopic (exact) mass is 270 g/mol. The number of benzene rings is 1. The number of rotatable bonds is 1. The number of hydrogen-bond donors (Lipinski definition) is 1. The van der Waals surface area contributed by atoms with Gasteiger partial charge in [-0.25, -0.2) is 0 Å². The first-order valence-corrected chi connectivity index (χ1v) is 7.85. The number of nitrogens with zero attached hydrogens (tertiary/aromatic N) is 1. The summed E-state index contributed by atoms with van der Waals surface area (Å²) in [4.78, 5) is 14.8. The van der Waals surface area contributed by atoms with Crippen LogP contribution < -0.4 is 5.32 Å². The van der Waals surface area contributed by atoms with Gasteiger partial charge in [-0.15, -0.1) is 0 Å². The summed E-state index contributed by atoms with van der Waals surface area (Å²) in [5.41, 5.74) is 3.12. The lowest BCUT2D eigenvalue weighted by atomic mass is 9.75. The maximum atomic E-state index is 12.7. The minimum atomic E-state index is 0.141. The molecule has 1 amide bonds. The predicted molar refractivity (Wildman–Crippen MR) is 78.6 cm³/mol. The standard InChI is InChI=1S/C17H22N2O/c20-16(15-11-13-3-1-2-4-14(13)15)19-9-6-17(7-10-19)5-8-18-12-17/h1-4,15,18H,5-12H2. The van der Waals surface area contributed by atoms with Gasteiger partial charge in [0.1, 0.15) is 0 Å². The first kappa shape index (κ1) is 12.4. The largest absolute Gasteiger partial charge is 0.342 e. The number of carbonyl (C=O) groups excluding carboxylic acids is 1. The minimum absolute atomic E-state index is 0.141. The third-order valence-corrected chi connectivity index (χ3v) is 5.62. The fourth-order valence-corrected chi connectivity index (χ4v) is 4.12. The van der Waals surface area contributed by atoms with Crippen LogP contribution in [0.2, 0.25) is 0 Å². The second kappa shape index (κ2) is 4.59. The highest BCUT2D eigenvalue weighted by molar-refractivity contribution is 5.87. The maximum absolute atomic E-state index is 12.7. The summed E-state index contributed by atoms with van der Waals surface area (Å²) < 4.78 is 0. The average molecular weight is 270 g/mol. The topological polar surface area (TPSA) is 32.3 Å². The maximum Gasteiger partial charge on any atom is 0.230 e. The molecule has 1 aromatic carbocycles. The minimum Gasteiger partial charge on any atom is -0.342 e. The van der Waals surface area contributed by atoms with Crippen LogP contribution in [0.3, 0.4) is 0 Å². The Balaban J connectivity index is 1.42.